The number of ether oxygens (including phenoxy) is 1. The summed E-state index contributed by atoms with van der Waals surface area (Å²) in [6, 6.07) is 7.40. The van der Waals surface area contributed by atoms with Gasteiger partial charge in [0, 0.05) is 30.9 Å². The molecule has 1 saturated heterocycles. The molecule has 1 fully saturated rings. The summed E-state index contributed by atoms with van der Waals surface area (Å²) in [6.45, 7) is 4.04. The average molecular weight is 356 g/mol. The van der Waals surface area contributed by atoms with Crippen LogP contribution in [0.25, 0.3) is 11.3 Å². The highest BCUT2D eigenvalue weighted by Crippen LogP contribution is 2.27. The van der Waals surface area contributed by atoms with E-state index in [9.17, 15) is 9.90 Å². The van der Waals surface area contributed by atoms with Gasteiger partial charge in [-0.05, 0) is 51.7 Å². The Labute approximate surface area is 153 Å². The Kier molecular flexibility index (Phi) is 5.37. The van der Waals surface area contributed by atoms with Gasteiger partial charge in [0.1, 0.15) is 11.3 Å². The van der Waals surface area contributed by atoms with E-state index in [0.717, 1.165) is 25.1 Å². The standard InChI is InChI=1S/C19H24N4O3/c1-4-26-17-6-5-13(11-15(17)18(24)25)16-7-9-20-19(21-16)23-10-8-14(12-23)22(2)3/h5-7,9,11,14H,4,8,10,12H2,1-3H3,(H,24,25). The number of hydrogen-bond donors (Lipinski definition) is 1. The van der Waals surface area contributed by atoms with Crippen LogP contribution in [0.2, 0.25) is 0 Å². The molecule has 0 aliphatic carbocycles. The van der Waals surface area contributed by atoms with Crippen LogP contribution in [-0.2, 0) is 0 Å². The second kappa shape index (κ2) is 7.70. The molecule has 0 amide bonds. The van der Waals surface area contributed by atoms with Crippen LogP contribution in [-0.4, -0.2) is 65.8 Å². The lowest BCUT2D eigenvalue weighted by atomic mass is 10.1. The number of nitrogens with zero attached hydrogens (tertiary/aromatic N) is 4. The van der Waals surface area contributed by atoms with Crippen molar-refractivity contribution < 1.29 is 14.6 Å². The van der Waals surface area contributed by atoms with E-state index in [0.29, 0.717) is 30.0 Å². The quantitative estimate of drug-likeness (QED) is 0.851. The van der Waals surface area contributed by atoms with E-state index in [1.807, 2.05) is 13.0 Å². The van der Waals surface area contributed by atoms with Gasteiger partial charge >= 0.3 is 5.97 Å². The molecule has 3 rings (SSSR count). The number of carboxylic acid groups (broad SMARTS) is 1. The predicted molar refractivity (Wildman–Crippen MR) is 99.9 cm³/mol. The minimum Gasteiger partial charge on any atom is -0.493 e. The van der Waals surface area contributed by atoms with Crippen molar-refractivity contribution in [3.63, 3.8) is 0 Å². The van der Waals surface area contributed by atoms with Crippen molar-refractivity contribution in [1.82, 2.24) is 14.9 Å². The maximum atomic E-state index is 11.5. The molecule has 1 aromatic heterocycles. The van der Waals surface area contributed by atoms with Gasteiger partial charge in [0.05, 0.1) is 12.3 Å². The normalized spacial score (nSPS) is 16.9. The number of carbonyl (C=O) groups is 1. The van der Waals surface area contributed by atoms with E-state index in [1.54, 1.807) is 24.4 Å². The second-order valence-electron chi connectivity index (χ2n) is 6.54. The van der Waals surface area contributed by atoms with Crippen molar-refractivity contribution in [2.24, 2.45) is 0 Å². The summed E-state index contributed by atoms with van der Waals surface area (Å²) < 4.78 is 5.40. The summed E-state index contributed by atoms with van der Waals surface area (Å²) in [5.41, 5.74) is 1.57. The highest BCUT2D eigenvalue weighted by Gasteiger charge is 2.26. The monoisotopic (exact) mass is 356 g/mol. The molecule has 7 nitrogen and oxygen atoms in total. The van der Waals surface area contributed by atoms with Gasteiger partial charge in [-0.25, -0.2) is 14.8 Å². The summed E-state index contributed by atoms with van der Waals surface area (Å²) in [5.74, 6) is 0.0296. The molecule has 2 aromatic rings. The van der Waals surface area contributed by atoms with E-state index in [1.165, 1.54) is 0 Å². The first-order valence-electron chi connectivity index (χ1n) is 8.74. The van der Waals surface area contributed by atoms with Gasteiger partial charge in [-0.2, -0.15) is 0 Å². The van der Waals surface area contributed by atoms with Crippen LogP contribution in [0.1, 0.15) is 23.7 Å². The molecule has 1 atom stereocenters. The third kappa shape index (κ3) is 3.77. The number of aromatic carboxylic acids is 1. The number of likely N-dealkylation sites (N-methyl/N-ethyl adjacent to an activating group) is 1. The van der Waals surface area contributed by atoms with E-state index in [2.05, 4.69) is 33.9 Å². The van der Waals surface area contributed by atoms with Crippen LogP contribution in [0.4, 0.5) is 5.95 Å². The summed E-state index contributed by atoms with van der Waals surface area (Å²) in [4.78, 5) is 25.0. The van der Waals surface area contributed by atoms with Crippen LogP contribution in [0.3, 0.4) is 0 Å². The highest BCUT2D eigenvalue weighted by molar-refractivity contribution is 5.92. The third-order valence-corrected chi connectivity index (χ3v) is 4.62. The van der Waals surface area contributed by atoms with Gasteiger partial charge in [-0.1, -0.05) is 0 Å². The maximum absolute atomic E-state index is 11.5. The Bertz CT molecular complexity index is 794. The molecule has 1 aromatic carbocycles. The zero-order valence-electron chi connectivity index (χ0n) is 15.3. The lowest BCUT2D eigenvalue weighted by Gasteiger charge is -2.20. The number of rotatable bonds is 6. The molecule has 7 heteroatoms. The van der Waals surface area contributed by atoms with Crippen LogP contribution < -0.4 is 9.64 Å². The Morgan fingerprint density at radius 1 is 1.38 bits per heavy atom. The molecule has 0 bridgehead atoms. The summed E-state index contributed by atoms with van der Waals surface area (Å²) in [6.07, 6.45) is 2.80. The first kappa shape index (κ1) is 18.1. The number of aromatic nitrogens is 2. The van der Waals surface area contributed by atoms with Gasteiger partial charge < -0.3 is 19.6 Å². The molecule has 1 aliphatic rings. The van der Waals surface area contributed by atoms with Crippen molar-refractivity contribution in [3.05, 3.63) is 36.0 Å². The van der Waals surface area contributed by atoms with Gasteiger partial charge in [0.25, 0.3) is 0 Å². The van der Waals surface area contributed by atoms with Crippen LogP contribution in [0, 0.1) is 0 Å². The van der Waals surface area contributed by atoms with Gasteiger partial charge in [-0.3, -0.25) is 0 Å². The summed E-state index contributed by atoms with van der Waals surface area (Å²) >= 11 is 0. The zero-order chi connectivity index (χ0) is 18.7. The van der Waals surface area contributed by atoms with Crippen molar-refractivity contribution in [2.45, 2.75) is 19.4 Å². The number of benzene rings is 1. The number of anilines is 1. The molecule has 0 saturated carbocycles. The molecule has 26 heavy (non-hydrogen) atoms. The molecule has 1 N–H and O–H groups in total. The Morgan fingerprint density at radius 3 is 2.85 bits per heavy atom. The first-order valence-corrected chi connectivity index (χ1v) is 8.74. The minimum atomic E-state index is -1.02. The maximum Gasteiger partial charge on any atom is 0.339 e. The van der Waals surface area contributed by atoms with E-state index in [4.69, 9.17) is 4.74 Å². The highest BCUT2D eigenvalue weighted by atomic mass is 16.5. The number of hydrogen-bond acceptors (Lipinski definition) is 6. The Hall–Kier alpha value is -2.67. The largest absolute Gasteiger partial charge is 0.493 e. The Morgan fingerprint density at radius 2 is 2.19 bits per heavy atom. The molecule has 0 radical (unpaired) electrons. The SMILES string of the molecule is CCOc1ccc(-c2ccnc(N3CCC(N(C)C)C3)n2)cc1C(=O)O. The summed E-state index contributed by atoms with van der Waals surface area (Å²) in [7, 11) is 4.16. The van der Waals surface area contributed by atoms with Crippen molar-refractivity contribution in [2.75, 3.05) is 38.7 Å². The lowest BCUT2D eigenvalue weighted by Crippen LogP contribution is -2.32. The molecular weight excluding hydrogens is 332 g/mol. The molecule has 2 heterocycles. The fourth-order valence-corrected chi connectivity index (χ4v) is 3.14. The van der Waals surface area contributed by atoms with Crippen molar-refractivity contribution in [3.8, 4) is 17.0 Å². The lowest BCUT2D eigenvalue weighted by molar-refractivity contribution is 0.0692. The van der Waals surface area contributed by atoms with Crippen LogP contribution in [0.5, 0.6) is 5.75 Å². The number of carboxylic acids is 1. The van der Waals surface area contributed by atoms with Crippen LogP contribution in [0.15, 0.2) is 30.5 Å². The smallest absolute Gasteiger partial charge is 0.339 e. The van der Waals surface area contributed by atoms with Crippen LogP contribution >= 0.6 is 0 Å². The fourth-order valence-electron chi connectivity index (χ4n) is 3.14. The molecule has 0 spiro atoms. The van der Waals surface area contributed by atoms with Gasteiger partial charge in [0.2, 0.25) is 5.95 Å². The fraction of sp³-hybridized carbons (Fsp3) is 0.421. The first-order chi connectivity index (χ1) is 12.5. The predicted octanol–water partition coefficient (Wildman–Crippen LogP) is 2.38. The summed E-state index contributed by atoms with van der Waals surface area (Å²) in [5, 5.41) is 9.45. The molecule has 138 valence electrons. The third-order valence-electron chi connectivity index (χ3n) is 4.62. The second-order valence-corrected chi connectivity index (χ2v) is 6.54. The Balaban J connectivity index is 1.89. The molecular formula is C19H24N4O3. The van der Waals surface area contributed by atoms with Crippen molar-refractivity contribution in [1.29, 1.82) is 0 Å². The average Bonchev–Trinajstić information content (AvgIpc) is 3.13. The topological polar surface area (TPSA) is 78.8 Å². The molecule has 1 unspecified atom stereocenters. The van der Waals surface area contributed by atoms with Gasteiger partial charge in [0.15, 0.2) is 0 Å². The van der Waals surface area contributed by atoms with Crippen molar-refractivity contribution >= 4 is 11.9 Å². The molecule has 1 aliphatic heterocycles. The van der Waals surface area contributed by atoms with E-state index >= 15 is 0 Å². The van der Waals surface area contributed by atoms with E-state index < -0.39 is 5.97 Å². The zero-order valence-corrected chi connectivity index (χ0v) is 15.3. The minimum absolute atomic E-state index is 0.137. The van der Waals surface area contributed by atoms with E-state index in [-0.39, 0.29) is 5.56 Å². The van der Waals surface area contributed by atoms with Gasteiger partial charge in [-0.15, -0.1) is 0 Å².